The first-order chi connectivity index (χ1) is 13.6. The quantitative estimate of drug-likeness (QED) is 0.697. The highest BCUT2D eigenvalue weighted by Crippen LogP contribution is 2.33. The van der Waals surface area contributed by atoms with Gasteiger partial charge in [0, 0.05) is 12.1 Å². The summed E-state index contributed by atoms with van der Waals surface area (Å²) in [7, 11) is 0. The maximum Gasteiger partial charge on any atom is 0.265 e. The van der Waals surface area contributed by atoms with Crippen molar-refractivity contribution in [3.8, 4) is 5.75 Å². The van der Waals surface area contributed by atoms with E-state index in [9.17, 15) is 9.59 Å². The number of unbranched alkanes of at least 4 members (excludes halogenated alkanes) is 3. The van der Waals surface area contributed by atoms with Crippen molar-refractivity contribution in [1.82, 2.24) is 5.32 Å². The van der Waals surface area contributed by atoms with Crippen molar-refractivity contribution < 1.29 is 14.3 Å². The average Bonchev–Trinajstić information content (AvgIpc) is 2.70. The first-order valence-corrected chi connectivity index (χ1v) is 9.99. The van der Waals surface area contributed by atoms with Gasteiger partial charge in [0.2, 0.25) is 0 Å². The van der Waals surface area contributed by atoms with Crippen LogP contribution in [0, 0.1) is 6.92 Å². The summed E-state index contributed by atoms with van der Waals surface area (Å²) in [6.07, 6.45) is 4.54. The highest BCUT2D eigenvalue weighted by atomic mass is 16.5. The van der Waals surface area contributed by atoms with E-state index in [1.54, 1.807) is 4.90 Å². The predicted octanol–water partition coefficient (Wildman–Crippen LogP) is 4.23. The fourth-order valence-corrected chi connectivity index (χ4v) is 3.28. The van der Waals surface area contributed by atoms with E-state index in [0.29, 0.717) is 18.7 Å². The lowest BCUT2D eigenvalue weighted by Gasteiger charge is -2.29. The number of hydrogen-bond donors (Lipinski definition) is 1. The van der Waals surface area contributed by atoms with Crippen LogP contribution >= 0.6 is 0 Å². The molecule has 1 heterocycles. The number of ether oxygens (including phenoxy) is 1. The zero-order valence-electron chi connectivity index (χ0n) is 16.7. The molecule has 0 radical (unpaired) electrons. The molecule has 0 bridgehead atoms. The number of carbonyl (C=O) groups excluding carboxylic acids is 2. The fraction of sp³-hybridized carbons (Fsp3) is 0.391. The lowest BCUT2D eigenvalue weighted by atomic mass is 10.1. The second kappa shape index (κ2) is 9.40. The van der Waals surface area contributed by atoms with Crippen LogP contribution < -0.4 is 15.0 Å². The molecular weight excluding hydrogens is 352 g/mol. The van der Waals surface area contributed by atoms with E-state index < -0.39 is 0 Å². The van der Waals surface area contributed by atoms with Gasteiger partial charge in [-0.3, -0.25) is 9.59 Å². The number of nitrogens with one attached hydrogen (secondary N) is 1. The summed E-state index contributed by atoms with van der Waals surface area (Å²) in [5.74, 6) is 0.621. The summed E-state index contributed by atoms with van der Waals surface area (Å²) < 4.78 is 5.55. The standard InChI is InChI=1S/C23H28N2O3/c1-3-4-5-6-13-24-23(27)19-10-8-18(9-11-19)15-25-20-12-7-17(2)14-21(20)28-16-22(25)26/h7-12,14H,3-6,13,15-16H2,1-2H3,(H,24,27). The molecule has 0 aliphatic carbocycles. The van der Waals surface area contributed by atoms with Gasteiger partial charge in [-0.15, -0.1) is 0 Å². The smallest absolute Gasteiger partial charge is 0.265 e. The van der Waals surface area contributed by atoms with Gasteiger partial charge in [0.1, 0.15) is 5.75 Å². The van der Waals surface area contributed by atoms with Crippen LogP contribution in [-0.2, 0) is 11.3 Å². The van der Waals surface area contributed by atoms with Gasteiger partial charge in [0.05, 0.1) is 12.2 Å². The van der Waals surface area contributed by atoms with E-state index in [-0.39, 0.29) is 18.4 Å². The van der Waals surface area contributed by atoms with Crippen LogP contribution in [0.15, 0.2) is 42.5 Å². The number of anilines is 1. The van der Waals surface area contributed by atoms with E-state index in [0.717, 1.165) is 35.4 Å². The Hall–Kier alpha value is -2.82. The van der Waals surface area contributed by atoms with Crippen LogP contribution in [0.25, 0.3) is 0 Å². The SMILES string of the molecule is CCCCCCNC(=O)c1ccc(CN2C(=O)COc3cc(C)ccc32)cc1. The summed E-state index contributed by atoms with van der Waals surface area (Å²) in [5.41, 5.74) is 3.50. The molecule has 0 saturated carbocycles. The van der Waals surface area contributed by atoms with Crippen LogP contribution in [0.2, 0.25) is 0 Å². The molecule has 2 amide bonds. The summed E-state index contributed by atoms with van der Waals surface area (Å²) >= 11 is 0. The minimum absolute atomic E-state index is 0.0497. The molecule has 1 aliphatic rings. The van der Waals surface area contributed by atoms with Crippen molar-refractivity contribution in [2.45, 2.75) is 46.1 Å². The second-order valence-electron chi connectivity index (χ2n) is 7.25. The molecular formula is C23H28N2O3. The van der Waals surface area contributed by atoms with Gasteiger partial charge in [-0.05, 0) is 48.7 Å². The second-order valence-corrected chi connectivity index (χ2v) is 7.25. The Morgan fingerprint density at radius 3 is 2.64 bits per heavy atom. The van der Waals surface area contributed by atoms with Gasteiger partial charge < -0.3 is 15.0 Å². The lowest BCUT2D eigenvalue weighted by Crippen LogP contribution is -2.38. The molecule has 148 valence electrons. The Balaban J connectivity index is 1.61. The Morgan fingerprint density at radius 2 is 1.89 bits per heavy atom. The van der Waals surface area contributed by atoms with E-state index in [1.165, 1.54) is 12.8 Å². The van der Waals surface area contributed by atoms with Crippen molar-refractivity contribution in [3.05, 3.63) is 59.2 Å². The van der Waals surface area contributed by atoms with Crippen LogP contribution in [0.5, 0.6) is 5.75 Å². The summed E-state index contributed by atoms with van der Waals surface area (Å²) in [6, 6.07) is 13.3. The van der Waals surface area contributed by atoms with Gasteiger partial charge in [-0.25, -0.2) is 0 Å². The number of carbonyl (C=O) groups is 2. The Morgan fingerprint density at radius 1 is 1.11 bits per heavy atom. The Labute approximate surface area is 166 Å². The maximum atomic E-state index is 12.4. The van der Waals surface area contributed by atoms with Crippen molar-refractivity contribution in [2.75, 3.05) is 18.1 Å². The van der Waals surface area contributed by atoms with Crippen molar-refractivity contribution >= 4 is 17.5 Å². The molecule has 0 saturated heterocycles. The third kappa shape index (κ3) is 4.91. The van der Waals surface area contributed by atoms with Gasteiger partial charge in [-0.1, -0.05) is 44.4 Å². The van der Waals surface area contributed by atoms with E-state index in [2.05, 4.69) is 12.2 Å². The maximum absolute atomic E-state index is 12.4. The highest BCUT2D eigenvalue weighted by Gasteiger charge is 2.25. The summed E-state index contributed by atoms with van der Waals surface area (Å²) in [4.78, 5) is 26.3. The van der Waals surface area contributed by atoms with E-state index in [4.69, 9.17) is 4.74 Å². The van der Waals surface area contributed by atoms with Crippen LogP contribution in [0.3, 0.4) is 0 Å². The van der Waals surface area contributed by atoms with Crippen LogP contribution in [0.1, 0.15) is 54.1 Å². The number of fused-ring (bicyclic) bond motifs is 1. The zero-order chi connectivity index (χ0) is 19.9. The first kappa shape index (κ1) is 19.9. The zero-order valence-corrected chi connectivity index (χ0v) is 16.7. The molecule has 3 rings (SSSR count). The molecule has 5 nitrogen and oxygen atoms in total. The highest BCUT2D eigenvalue weighted by molar-refractivity contribution is 5.98. The molecule has 2 aromatic rings. The molecule has 1 N–H and O–H groups in total. The van der Waals surface area contributed by atoms with E-state index >= 15 is 0 Å². The minimum atomic E-state index is -0.0646. The van der Waals surface area contributed by atoms with E-state index in [1.807, 2.05) is 49.4 Å². The number of amides is 2. The molecule has 2 aromatic carbocycles. The van der Waals surface area contributed by atoms with Crippen LogP contribution in [0.4, 0.5) is 5.69 Å². The molecule has 0 unspecified atom stereocenters. The lowest BCUT2D eigenvalue weighted by molar-refractivity contribution is -0.121. The van der Waals surface area contributed by atoms with Crippen LogP contribution in [-0.4, -0.2) is 25.0 Å². The number of hydrogen-bond acceptors (Lipinski definition) is 3. The summed E-state index contributed by atoms with van der Waals surface area (Å²) in [6.45, 7) is 5.38. The Kier molecular flexibility index (Phi) is 6.69. The average molecular weight is 380 g/mol. The third-order valence-corrected chi connectivity index (χ3v) is 4.93. The molecule has 0 spiro atoms. The molecule has 0 atom stereocenters. The number of rotatable bonds is 8. The topological polar surface area (TPSA) is 58.6 Å². The van der Waals surface area contributed by atoms with Crippen molar-refractivity contribution in [2.24, 2.45) is 0 Å². The van der Waals surface area contributed by atoms with Crippen molar-refractivity contribution in [1.29, 1.82) is 0 Å². The molecule has 0 aromatic heterocycles. The largest absolute Gasteiger partial charge is 0.482 e. The van der Waals surface area contributed by atoms with Gasteiger partial charge in [-0.2, -0.15) is 0 Å². The third-order valence-electron chi connectivity index (χ3n) is 4.93. The van der Waals surface area contributed by atoms with Gasteiger partial charge in [0.25, 0.3) is 11.8 Å². The fourth-order valence-electron chi connectivity index (χ4n) is 3.28. The molecule has 0 fully saturated rings. The summed E-state index contributed by atoms with van der Waals surface area (Å²) in [5, 5.41) is 2.96. The minimum Gasteiger partial charge on any atom is -0.482 e. The number of aryl methyl sites for hydroxylation is 1. The predicted molar refractivity (Wildman–Crippen MR) is 111 cm³/mol. The first-order valence-electron chi connectivity index (χ1n) is 9.99. The molecule has 5 heteroatoms. The molecule has 1 aliphatic heterocycles. The number of benzene rings is 2. The monoisotopic (exact) mass is 380 g/mol. The van der Waals surface area contributed by atoms with Crippen molar-refractivity contribution in [3.63, 3.8) is 0 Å². The molecule has 28 heavy (non-hydrogen) atoms. The van der Waals surface area contributed by atoms with Gasteiger partial charge in [0.15, 0.2) is 6.61 Å². The number of nitrogens with zero attached hydrogens (tertiary/aromatic N) is 1. The Bertz CT molecular complexity index is 830. The van der Waals surface area contributed by atoms with Gasteiger partial charge >= 0.3 is 0 Å². The normalized spacial score (nSPS) is 13.1.